The number of hydrogen-bond acceptors (Lipinski definition) is 8. The molecule has 0 saturated carbocycles. The largest absolute Gasteiger partial charge is 0.465 e. The summed E-state index contributed by atoms with van der Waals surface area (Å²) >= 11 is 2.61. The summed E-state index contributed by atoms with van der Waals surface area (Å²) in [6, 6.07) is 19.0. The monoisotopic (exact) mass is 519 g/mol. The predicted molar refractivity (Wildman–Crippen MR) is 140 cm³/mol. The molecule has 2 aromatic heterocycles. The van der Waals surface area contributed by atoms with Crippen LogP contribution in [0.4, 0.5) is 10.8 Å². The van der Waals surface area contributed by atoms with Crippen molar-refractivity contribution >= 4 is 57.7 Å². The molecule has 0 unspecified atom stereocenters. The molecule has 0 fully saturated rings. The van der Waals surface area contributed by atoms with E-state index in [1.807, 2.05) is 13.0 Å². The molecule has 182 valence electrons. The van der Waals surface area contributed by atoms with Crippen LogP contribution in [-0.2, 0) is 9.59 Å². The quantitative estimate of drug-likeness (QED) is 0.218. The van der Waals surface area contributed by atoms with Gasteiger partial charge in [0.15, 0.2) is 0 Å². The Labute approximate surface area is 215 Å². The van der Waals surface area contributed by atoms with Gasteiger partial charge in [0.05, 0.1) is 12.0 Å². The molecule has 36 heavy (non-hydrogen) atoms. The molecular formula is C25H21N5O4S2. The average Bonchev–Trinajstić information content (AvgIpc) is 3.54. The van der Waals surface area contributed by atoms with Crippen molar-refractivity contribution in [3.8, 4) is 0 Å². The molecule has 4 aromatic rings. The minimum absolute atomic E-state index is 0.0172. The van der Waals surface area contributed by atoms with Gasteiger partial charge in [-0.2, -0.15) is 0 Å². The van der Waals surface area contributed by atoms with Gasteiger partial charge >= 0.3 is 0 Å². The van der Waals surface area contributed by atoms with Crippen molar-refractivity contribution < 1.29 is 18.8 Å². The Bertz CT molecular complexity index is 1380. The number of aromatic nitrogens is 2. The Balaban J connectivity index is 1.41. The van der Waals surface area contributed by atoms with E-state index in [-0.39, 0.29) is 17.4 Å². The van der Waals surface area contributed by atoms with Gasteiger partial charge in [-0.15, -0.1) is 22.0 Å². The van der Waals surface area contributed by atoms with Crippen LogP contribution < -0.4 is 16.0 Å². The first-order chi connectivity index (χ1) is 17.5. The molecule has 11 heteroatoms. The highest BCUT2D eigenvalue weighted by Gasteiger charge is 2.16. The number of nitrogens with one attached hydrogen (secondary N) is 3. The van der Waals surface area contributed by atoms with Gasteiger partial charge in [-0.1, -0.05) is 35.6 Å². The Morgan fingerprint density at radius 1 is 1.00 bits per heavy atom. The van der Waals surface area contributed by atoms with Gasteiger partial charge in [0.2, 0.25) is 11.0 Å². The summed E-state index contributed by atoms with van der Waals surface area (Å²) in [6.45, 7) is 1.81. The third kappa shape index (κ3) is 7.14. The SMILES string of the molecule is Cc1nnc(NC(=O)CSc2cccc(NC(=O)/C(=C/c3ccco3)NC(=O)c3ccccc3)c2)s1. The van der Waals surface area contributed by atoms with Crippen LogP contribution in [0.2, 0.25) is 0 Å². The molecular weight excluding hydrogens is 498 g/mol. The maximum absolute atomic E-state index is 13.1. The number of anilines is 2. The first-order valence-corrected chi connectivity index (χ1v) is 12.5. The van der Waals surface area contributed by atoms with Crippen molar-refractivity contribution in [3.05, 3.63) is 95.0 Å². The Morgan fingerprint density at radius 3 is 2.56 bits per heavy atom. The molecule has 3 N–H and O–H groups in total. The van der Waals surface area contributed by atoms with E-state index in [1.54, 1.807) is 60.7 Å². The van der Waals surface area contributed by atoms with E-state index in [4.69, 9.17) is 4.42 Å². The van der Waals surface area contributed by atoms with Gasteiger partial charge in [0.25, 0.3) is 11.8 Å². The standard InChI is InChI=1S/C25H21N5O4S2/c1-16-29-30-25(36-16)28-22(31)15-35-20-11-5-9-18(13-20)26-24(33)21(14-19-10-6-12-34-19)27-23(32)17-7-3-2-4-8-17/h2-14H,15H2,1H3,(H,26,33)(H,27,32)(H,28,30,31)/b21-14-. The van der Waals surface area contributed by atoms with Crippen molar-refractivity contribution in [1.82, 2.24) is 15.5 Å². The fraction of sp³-hybridized carbons (Fsp3) is 0.0800. The van der Waals surface area contributed by atoms with Gasteiger partial charge in [-0.3, -0.25) is 19.7 Å². The lowest BCUT2D eigenvalue weighted by molar-refractivity contribution is -0.114. The van der Waals surface area contributed by atoms with Crippen molar-refractivity contribution in [3.63, 3.8) is 0 Å². The summed E-state index contributed by atoms with van der Waals surface area (Å²) in [4.78, 5) is 38.7. The smallest absolute Gasteiger partial charge is 0.272 e. The number of nitrogens with zero attached hydrogens (tertiary/aromatic N) is 2. The molecule has 0 aliphatic heterocycles. The normalized spacial score (nSPS) is 11.1. The number of carbonyl (C=O) groups excluding carboxylic acids is 3. The summed E-state index contributed by atoms with van der Waals surface area (Å²) < 4.78 is 5.31. The van der Waals surface area contributed by atoms with E-state index in [0.717, 1.165) is 9.90 Å². The number of furan rings is 1. The van der Waals surface area contributed by atoms with Crippen LogP contribution in [0.15, 0.2) is 88.0 Å². The fourth-order valence-electron chi connectivity index (χ4n) is 2.97. The van der Waals surface area contributed by atoms with Crippen LogP contribution in [0.25, 0.3) is 6.08 Å². The molecule has 4 rings (SSSR count). The highest BCUT2D eigenvalue weighted by Crippen LogP contribution is 2.23. The van der Waals surface area contributed by atoms with Crippen molar-refractivity contribution in [2.45, 2.75) is 11.8 Å². The third-order valence-corrected chi connectivity index (χ3v) is 6.34. The zero-order valence-electron chi connectivity index (χ0n) is 19.1. The molecule has 0 saturated heterocycles. The minimum atomic E-state index is -0.526. The molecule has 0 spiro atoms. The molecule has 2 heterocycles. The number of thioether (sulfide) groups is 1. The number of aryl methyl sites for hydroxylation is 1. The number of carbonyl (C=O) groups is 3. The number of benzene rings is 2. The fourth-order valence-corrected chi connectivity index (χ4v) is 4.33. The van der Waals surface area contributed by atoms with Crippen LogP contribution in [0.5, 0.6) is 0 Å². The van der Waals surface area contributed by atoms with Gasteiger partial charge in [0, 0.05) is 22.2 Å². The minimum Gasteiger partial charge on any atom is -0.465 e. The number of rotatable bonds is 9. The number of hydrogen-bond donors (Lipinski definition) is 3. The zero-order chi connectivity index (χ0) is 25.3. The first-order valence-electron chi connectivity index (χ1n) is 10.7. The lowest BCUT2D eigenvalue weighted by atomic mass is 10.2. The third-order valence-electron chi connectivity index (χ3n) is 4.59. The predicted octanol–water partition coefficient (Wildman–Crippen LogP) is 4.58. The van der Waals surface area contributed by atoms with Crippen LogP contribution in [0.1, 0.15) is 21.1 Å². The average molecular weight is 520 g/mol. The van der Waals surface area contributed by atoms with E-state index < -0.39 is 11.8 Å². The zero-order valence-corrected chi connectivity index (χ0v) is 20.7. The molecule has 9 nitrogen and oxygen atoms in total. The molecule has 0 aliphatic rings. The van der Waals surface area contributed by atoms with E-state index >= 15 is 0 Å². The van der Waals surface area contributed by atoms with Crippen molar-refractivity contribution in [1.29, 1.82) is 0 Å². The molecule has 0 radical (unpaired) electrons. The Morgan fingerprint density at radius 2 is 1.83 bits per heavy atom. The summed E-state index contributed by atoms with van der Waals surface area (Å²) in [5, 5.41) is 17.1. The van der Waals surface area contributed by atoms with E-state index in [9.17, 15) is 14.4 Å². The lowest BCUT2D eigenvalue weighted by Crippen LogP contribution is -2.30. The maximum atomic E-state index is 13.1. The van der Waals surface area contributed by atoms with Crippen LogP contribution in [-0.4, -0.2) is 33.7 Å². The number of amides is 3. The summed E-state index contributed by atoms with van der Waals surface area (Å²) in [5.74, 6) is -0.591. The topological polar surface area (TPSA) is 126 Å². The van der Waals surface area contributed by atoms with Crippen LogP contribution >= 0.6 is 23.1 Å². The van der Waals surface area contributed by atoms with E-state index in [1.165, 1.54) is 35.4 Å². The molecule has 3 amide bonds. The Hall–Kier alpha value is -4.22. The molecule has 2 aromatic carbocycles. The van der Waals surface area contributed by atoms with Gasteiger partial charge in [0.1, 0.15) is 16.5 Å². The highest BCUT2D eigenvalue weighted by atomic mass is 32.2. The van der Waals surface area contributed by atoms with E-state index in [2.05, 4.69) is 26.1 Å². The van der Waals surface area contributed by atoms with Crippen LogP contribution in [0.3, 0.4) is 0 Å². The van der Waals surface area contributed by atoms with Gasteiger partial charge in [-0.05, 0) is 49.4 Å². The highest BCUT2D eigenvalue weighted by molar-refractivity contribution is 8.00. The summed E-state index contributed by atoms with van der Waals surface area (Å²) in [5.41, 5.74) is 0.934. The second-order valence-corrected chi connectivity index (χ2v) is 9.57. The van der Waals surface area contributed by atoms with E-state index in [0.29, 0.717) is 22.1 Å². The van der Waals surface area contributed by atoms with Crippen LogP contribution in [0, 0.1) is 6.92 Å². The molecule has 0 bridgehead atoms. The lowest BCUT2D eigenvalue weighted by Gasteiger charge is -2.11. The van der Waals surface area contributed by atoms with Gasteiger partial charge < -0.3 is 15.1 Å². The summed E-state index contributed by atoms with van der Waals surface area (Å²) in [7, 11) is 0. The summed E-state index contributed by atoms with van der Waals surface area (Å²) in [6.07, 6.45) is 2.93. The molecule has 0 aliphatic carbocycles. The Kier molecular flexibility index (Phi) is 8.27. The van der Waals surface area contributed by atoms with Crippen molar-refractivity contribution in [2.24, 2.45) is 0 Å². The molecule has 0 atom stereocenters. The maximum Gasteiger partial charge on any atom is 0.272 e. The second kappa shape index (κ2) is 12.0. The first kappa shape index (κ1) is 24.9. The van der Waals surface area contributed by atoms with Crippen molar-refractivity contribution in [2.75, 3.05) is 16.4 Å². The van der Waals surface area contributed by atoms with Gasteiger partial charge in [-0.25, -0.2) is 0 Å². The second-order valence-electron chi connectivity index (χ2n) is 7.34.